The van der Waals surface area contributed by atoms with E-state index in [1.807, 2.05) is 18.2 Å². The van der Waals surface area contributed by atoms with E-state index >= 15 is 0 Å². The van der Waals surface area contributed by atoms with Crippen molar-refractivity contribution in [3.05, 3.63) is 48.0 Å². The summed E-state index contributed by atoms with van der Waals surface area (Å²) in [6.07, 6.45) is 0.862. The highest BCUT2D eigenvalue weighted by Crippen LogP contribution is 2.33. The molecular formula is C18H16N2O3S. The average Bonchev–Trinajstić information content (AvgIpc) is 2.85. The number of rotatable bonds is 4. The number of nitrogens with zero attached hydrogens (tertiary/aromatic N) is 1. The number of amides is 1. The highest BCUT2D eigenvalue weighted by Gasteiger charge is 2.12. The number of ether oxygens (including phenoxy) is 2. The predicted molar refractivity (Wildman–Crippen MR) is 92.6 cm³/mol. The van der Waals surface area contributed by atoms with Gasteiger partial charge in [0.2, 0.25) is 5.91 Å². The molecule has 0 fully saturated rings. The smallest absolute Gasteiger partial charge is 0.234 e. The molecule has 1 aliphatic rings. The van der Waals surface area contributed by atoms with E-state index in [0.29, 0.717) is 24.5 Å². The Morgan fingerprint density at radius 3 is 2.83 bits per heavy atom. The van der Waals surface area contributed by atoms with Crippen LogP contribution < -0.4 is 14.8 Å². The molecule has 3 rings (SSSR count). The lowest BCUT2D eigenvalue weighted by atomic mass is 10.2. The minimum atomic E-state index is -0.123. The summed E-state index contributed by atoms with van der Waals surface area (Å²) in [7, 11) is 0. The molecule has 1 N–H and O–H groups in total. The molecule has 2 aromatic carbocycles. The molecule has 0 saturated heterocycles. The monoisotopic (exact) mass is 340 g/mol. The van der Waals surface area contributed by atoms with Gasteiger partial charge in [-0.25, -0.2) is 0 Å². The maximum absolute atomic E-state index is 12.1. The van der Waals surface area contributed by atoms with E-state index < -0.39 is 0 Å². The third-order valence-electron chi connectivity index (χ3n) is 3.36. The zero-order chi connectivity index (χ0) is 16.8. The van der Waals surface area contributed by atoms with E-state index in [2.05, 4.69) is 11.4 Å². The minimum Gasteiger partial charge on any atom is -0.490 e. The number of thioether (sulfide) groups is 1. The van der Waals surface area contributed by atoms with Crippen molar-refractivity contribution < 1.29 is 14.3 Å². The molecule has 0 spiro atoms. The third kappa shape index (κ3) is 4.21. The second-order valence-corrected chi connectivity index (χ2v) is 6.24. The molecule has 0 unspecified atom stereocenters. The van der Waals surface area contributed by atoms with Gasteiger partial charge in [0, 0.05) is 17.0 Å². The van der Waals surface area contributed by atoms with Crippen LogP contribution in [0.1, 0.15) is 12.0 Å². The Morgan fingerprint density at radius 1 is 1.17 bits per heavy atom. The summed E-state index contributed by atoms with van der Waals surface area (Å²) >= 11 is 1.42. The number of carbonyl (C=O) groups excluding carboxylic acids is 1. The van der Waals surface area contributed by atoms with E-state index in [1.54, 1.807) is 24.3 Å². The first kappa shape index (κ1) is 16.2. The Morgan fingerprint density at radius 2 is 2.00 bits per heavy atom. The molecule has 0 aromatic heterocycles. The number of carbonyl (C=O) groups is 1. The normalized spacial score (nSPS) is 12.8. The summed E-state index contributed by atoms with van der Waals surface area (Å²) in [4.78, 5) is 13.0. The molecule has 0 saturated carbocycles. The molecule has 0 atom stereocenters. The van der Waals surface area contributed by atoms with Crippen LogP contribution >= 0.6 is 11.8 Å². The summed E-state index contributed by atoms with van der Waals surface area (Å²) < 4.78 is 11.2. The minimum absolute atomic E-state index is 0.123. The van der Waals surface area contributed by atoms with Crippen LogP contribution in [0.5, 0.6) is 11.5 Å². The topological polar surface area (TPSA) is 71.4 Å². The lowest BCUT2D eigenvalue weighted by Crippen LogP contribution is -2.14. The van der Waals surface area contributed by atoms with Crippen molar-refractivity contribution >= 4 is 23.4 Å². The number of hydrogen-bond acceptors (Lipinski definition) is 5. The molecule has 1 heterocycles. The number of nitrogens with one attached hydrogen (secondary N) is 1. The van der Waals surface area contributed by atoms with Crippen LogP contribution in [0.25, 0.3) is 0 Å². The molecule has 1 aliphatic heterocycles. The summed E-state index contributed by atoms with van der Waals surface area (Å²) in [6.45, 7) is 1.29. The van der Waals surface area contributed by atoms with Gasteiger partial charge in [0.1, 0.15) is 0 Å². The third-order valence-corrected chi connectivity index (χ3v) is 4.36. The van der Waals surface area contributed by atoms with Crippen LogP contribution in [0.4, 0.5) is 5.69 Å². The van der Waals surface area contributed by atoms with Crippen molar-refractivity contribution in [2.75, 3.05) is 24.3 Å². The van der Waals surface area contributed by atoms with Gasteiger partial charge in [-0.3, -0.25) is 4.79 Å². The van der Waals surface area contributed by atoms with E-state index in [9.17, 15) is 4.79 Å². The fourth-order valence-corrected chi connectivity index (χ4v) is 2.97. The molecule has 0 bridgehead atoms. The maximum atomic E-state index is 12.1. The van der Waals surface area contributed by atoms with Crippen molar-refractivity contribution in [3.8, 4) is 17.6 Å². The van der Waals surface area contributed by atoms with Crippen molar-refractivity contribution in [3.63, 3.8) is 0 Å². The van der Waals surface area contributed by atoms with Crippen molar-refractivity contribution in [2.24, 2.45) is 0 Å². The van der Waals surface area contributed by atoms with Crippen molar-refractivity contribution in [1.29, 1.82) is 5.26 Å². The van der Waals surface area contributed by atoms with Gasteiger partial charge in [-0.05, 0) is 36.4 Å². The summed E-state index contributed by atoms with van der Waals surface area (Å²) in [6, 6.07) is 14.6. The van der Waals surface area contributed by atoms with Crippen LogP contribution in [0.3, 0.4) is 0 Å². The first-order chi connectivity index (χ1) is 11.7. The quantitative estimate of drug-likeness (QED) is 0.863. The van der Waals surface area contributed by atoms with Crippen molar-refractivity contribution in [1.82, 2.24) is 0 Å². The maximum Gasteiger partial charge on any atom is 0.234 e. The molecule has 2 aromatic rings. The van der Waals surface area contributed by atoms with E-state index in [0.717, 1.165) is 22.8 Å². The van der Waals surface area contributed by atoms with Gasteiger partial charge in [0.05, 0.1) is 30.6 Å². The second kappa shape index (κ2) is 7.75. The van der Waals surface area contributed by atoms with Gasteiger partial charge in [-0.2, -0.15) is 5.26 Å². The molecule has 5 nitrogen and oxygen atoms in total. The zero-order valence-electron chi connectivity index (χ0n) is 13.0. The van der Waals surface area contributed by atoms with Crippen LogP contribution in [-0.2, 0) is 4.79 Å². The Kier molecular flexibility index (Phi) is 5.24. The molecule has 122 valence electrons. The molecule has 1 amide bonds. The number of fused-ring (bicyclic) bond motifs is 1. The Hall–Kier alpha value is -2.65. The average molecular weight is 340 g/mol. The van der Waals surface area contributed by atoms with Gasteiger partial charge >= 0.3 is 0 Å². The van der Waals surface area contributed by atoms with Crippen LogP contribution in [0.2, 0.25) is 0 Å². The lowest BCUT2D eigenvalue weighted by molar-refractivity contribution is -0.113. The van der Waals surface area contributed by atoms with E-state index in [-0.39, 0.29) is 11.7 Å². The van der Waals surface area contributed by atoms with Crippen LogP contribution in [0, 0.1) is 11.3 Å². The highest BCUT2D eigenvalue weighted by atomic mass is 32.2. The predicted octanol–water partition coefficient (Wildman–Crippen LogP) is 3.45. The van der Waals surface area contributed by atoms with Gasteiger partial charge in [-0.15, -0.1) is 11.8 Å². The fraction of sp³-hybridized carbons (Fsp3) is 0.222. The van der Waals surface area contributed by atoms with Crippen LogP contribution in [0.15, 0.2) is 47.4 Å². The van der Waals surface area contributed by atoms with Crippen molar-refractivity contribution in [2.45, 2.75) is 11.3 Å². The number of anilines is 1. The first-order valence-electron chi connectivity index (χ1n) is 7.57. The number of benzene rings is 2. The summed E-state index contributed by atoms with van der Waals surface area (Å²) in [5.41, 5.74) is 1.14. The molecule has 0 radical (unpaired) electrons. The fourth-order valence-electron chi connectivity index (χ4n) is 2.25. The second-order valence-electron chi connectivity index (χ2n) is 5.19. The Balaban J connectivity index is 1.58. The molecular weight excluding hydrogens is 324 g/mol. The molecule has 6 heteroatoms. The number of hydrogen-bond donors (Lipinski definition) is 1. The molecule has 0 aliphatic carbocycles. The molecule has 24 heavy (non-hydrogen) atoms. The van der Waals surface area contributed by atoms with Gasteiger partial charge < -0.3 is 14.8 Å². The Bertz CT molecular complexity index is 786. The van der Waals surface area contributed by atoms with E-state index in [1.165, 1.54) is 11.8 Å². The summed E-state index contributed by atoms with van der Waals surface area (Å²) in [5.74, 6) is 1.62. The van der Waals surface area contributed by atoms with Gasteiger partial charge in [0.25, 0.3) is 0 Å². The first-order valence-corrected chi connectivity index (χ1v) is 8.55. The summed E-state index contributed by atoms with van der Waals surface area (Å²) in [5, 5.41) is 11.7. The highest BCUT2D eigenvalue weighted by molar-refractivity contribution is 8.00. The van der Waals surface area contributed by atoms with Gasteiger partial charge in [-0.1, -0.05) is 6.07 Å². The largest absolute Gasteiger partial charge is 0.490 e. The zero-order valence-corrected chi connectivity index (χ0v) is 13.8. The van der Waals surface area contributed by atoms with Crippen LogP contribution in [-0.4, -0.2) is 24.9 Å². The SMILES string of the molecule is N#Cc1cccc(NC(=O)CSc2ccc3c(c2)OCCCO3)c1. The van der Waals surface area contributed by atoms with E-state index in [4.69, 9.17) is 14.7 Å². The lowest BCUT2D eigenvalue weighted by Gasteiger charge is -2.09. The standard InChI is InChI=1S/C18H16N2O3S/c19-11-13-3-1-4-14(9-13)20-18(21)12-24-15-5-6-16-17(10-15)23-8-2-7-22-16/h1,3-6,9-10H,2,7-8,12H2,(H,20,21). The van der Waals surface area contributed by atoms with Gasteiger partial charge in [0.15, 0.2) is 11.5 Å². The Labute approximate surface area is 144 Å². The number of nitriles is 1.